The fourth-order valence-electron chi connectivity index (χ4n) is 2.06. The molecule has 1 aromatic carbocycles. The van der Waals surface area contributed by atoms with Crippen molar-refractivity contribution in [2.24, 2.45) is 0 Å². The number of pyridine rings is 1. The Labute approximate surface area is 113 Å². The molecule has 0 saturated carbocycles. The van der Waals surface area contributed by atoms with E-state index in [9.17, 15) is 4.79 Å². The minimum Gasteiger partial charge on any atom is -0.398 e. The molecule has 2 aromatic rings. The SMILES string of the molecule is Cc1ccc(N)c2ccnc(C(=O)NC(C)(C)C)c12. The molecule has 0 atom stereocenters. The van der Waals surface area contributed by atoms with E-state index in [2.05, 4.69) is 10.3 Å². The number of rotatable bonds is 1. The number of nitrogens with one attached hydrogen (secondary N) is 1. The molecule has 0 bridgehead atoms. The average molecular weight is 257 g/mol. The highest BCUT2D eigenvalue weighted by Gasteiger charge is 2.19. The molecular weight excluding hydrogens is 238 g/mol. The van der Waals surface area contributed by atoms with Crippen LogP contribution in [0.2, 0.25) is 0 Å². The highest BCUT2D eigenvalue weighted by Crippen LogP contribution is 2.26. The number of fused-ring (bicyclic) bond motifs is 1. The van der Waals surface area contributed by atoms with Crippen LogP contribution in [-0.2, 0) is 0 Å². The van der Waals surface area contributed by atoms with E-state index in [0.29, 0.717) is 11.4 Å². The molecule has 0 fully saturated rings. The number of nitrogens with two attached hydrogens (primary N) is 1. The monoisotopic (exact) mass is 257 g/mol. The highest BCUT2D eigenvalue weighted by molar-refractivity contribution is 6.09. The first-order chi connectivity index (χ1) is 8.79. The summed E-state index contributed by atoms with van der Waals surface area (Å²) in [5, 5.41) is 4.62. The molecule has 1 heterocycles. The van der Waals surface area contributed by atoms with Gasteiger partial charge in [-0.3, -0.25) is 9.78 Å². The van der Waals surface area contributed by atoms with E-state index in [1.54, 1.807) is 6.20 Å². The zero-order valence-electron chi connectivity index (χ0n) is 11.7. The number of carbonyl (C=O) groups excluding carboxylic acids is 1. The summed E-state index contributed by atoms with van der Waals surface area (Å²) in [4.78, 5) is 16.5. The highest BCUT2D eigenvalue weighted by atomic mass is 16.2. The molecule has 0 spiro atoms. The molecule has 0 aliphatic rings. The van der Waals surface area contributed by atoms with E-state index in [1.807, 2.05) is 45.9 Å². The summed E-state index contributed by atoms with van der Waals surface area (Å²) in [6.07, 6.45) is 1.62. The van der Waals surface area contributed by atoms with Crippen molar-refractivity contribution >= 4 is 22.4 Å². The summed E-state index contributed by atoms with van der Waals surface area (Å²) in [6.45, 7) is 7.78. The first-order valence-corrected chi connectivity index (χ1v) is 6.26. The number of anilines is 1. The lowest BCUT2D eigenvalue weighted by atomic mass is 10.0. The van der Waals surface area contributed by atoms with E-state index in [0.717, 1.165) is 16.3 Å². The maximum atomic E-state index is 12.3. The van der Waals surface area contributed by atoms with Crippen molar-refractivity contribution in [2.45, 2.75) is 33.2 Å². The maximum Gasteiger partial charge on any atom is 0.270 e. The Morgan fingerprint density at radius 2 is 1.95 bits per heavy atom. The summed E-state index contributed by atoms with van der Waals surface area (Å²) in [5.41, 5.74) is 7.75. The Morgan fingerprint density at radius 3 is 2.58 bits per heavy atom. The first kappa shape index (κ1) is 13.3. The van der Waals surface area contributed by atoms with Crippen molar-refractivity contribution < 1.29 is 4.79 Å². The number of carbonyl (C=O) groups is 1. The van der Waals surface area contributed by atoms with Crippen LogP contribution in [0.3, 0.4) is 0 Å². The molecule has 19 heavy (non-hydrogen) atoms. The number of hydrogen-bond acceptors (Lipinski definition) is 3. The summed E-state index contributed by atoms with van der Waals surface area (Å²) < 4.78 is 0. The van der Waals surface area contributed by atoms with Crippen LogP contribution in [0.25, 0.3) is 10.8 Å². The van der Waals surface area contributed by atoms with E-state index in [4.69, 9.17) is 5.73 Å². The third kappa shape index (κ3) is 2.67. The molecule has 0 aliphatic carbocycles. The van der Waals surface area contributed by atoms with Crippen molar-refractivity contribution in [2.75, 3.05) is 5.73 Å². The molecule has 0 saturated heterocycles. The van der Waals surface area contributed by atoms with Gasteiger partial charge in [0.05, 0.1) is 0 Å². The number of amides is 1. The number of benzene rings is 1. The van der Waals surface area contributed by atoms with E-state index < -0.39 is 0 Å². The maximum absolute atomic E-state index is 12.3. The van der Waals surface area contributed by atoms with Crippen molar-refractivity contribution in [1.82, 2.24) is 10.3 Å². The predicted octanol–water partition coefficient (Wildman–Crippen LogP) is 2.65. The number of nitrogen functional groups attached to an aromatic ring is 1. The Balaban J connectivity index is 2.62. The van der Waals surface area contributed by atoms with Crippen molar-refractivity contribution in [1.29, 1.82) is 0 Å². The normalized spacial score (nSPS) is 11.6. The van der Waals surface area contributed by atoms with Crippen LogP contribution in [0, 0.1) is 6.92 Å². The van der Waals surface area contributed by atoms with Crippen LogP contribution in [-0.4, -0.2) is 16.4 Å². The van der Waals surface area contributed by atoms with Gasteiger partial charge in [0.25, 0.3) is 5.91 Å². The van der Waals surface area contributed by atoms with Gasteiger partial charge in [-0.2, -0.15) is 0 Å². The largest absolute Gasteiger partial charge is 0.398 e. The van der Waals surface area contributed by atoms with Gasteiger partial charge in [0.1, 0.15) is 5.69 Å². The lowest BCUT2D eigenvalue weighted by molar-refractivity contribution is 0.0916. The molecule has 4 heteroatoms. The third-order valence-corrected chi connectivity index (χ3v) is 2.87. The summed E-state index contributed by atoms with van der Waals surface area (Å²) >= 11 is 0. The summed E-state index contributed by atoms with van der Waals surface area (Å²) in [7, 11) is 0. The van der Waals surface area contributed by atoms with Crippen LogP contribution in [0.1, 0.15) is 36.8 Å². The Hall–Kier alpha value is -2.10. The van der Waals surface area contributed by atoms with Gasteiger partial charge >= 0.3 is 0 Å². The van der Waals surface area contributed by atoms with Gasteiger partial charge in [-0.15, -0.1) is 0 Å². The van der Waals surface area contributed by atoms with Gasteiger partial charge < -0.3 is 11.1 Å². The van der Waals surface area contributed by atoms with Crippen molar-refractivity contribution in [3.8, 4) is 0 Å². The first-order valence-electron chi connectivity index (χ1n) is 6.26. The number of nitrogens with zero attached hydrogens (tertiary/aromatic N) is 1. The van der Waals surface area contributed by atoms with Crippen LogP contribution in [0.5, 0.6) is 0 Å². The zero-order valence-corrected chi connectivity index (χ0v) is 11.7. The zero-order chi connectivity index (χ0) is 14.2. The molecule has 0 radical (unpaired) electrons. The van der Waals surface area contributed by atoms with E-state index >= 15 is 0 Å². The molecular formula is C15H19N3O. The van der Waals surface area contributed by atoms with Gasteiger partial charge in [0, 0.05) is 28.2 Å². The number of aromatic nitrogens is 1. The molecule has 4 nitrogen and oxygen atoms in total. The fraction of sp³-hybridized carbons (Fsp3) is 0.333. The Morgan fingerprint density at radius 1 is 1.26 bits per heavy atom. The molecule has 100 valence electrons. The molecule has 1 aromatic heterocycles. The predicted molar refractivity (Wildman–Crippen MR) is 78.1 cm³/mol. The van der Waals surface area contributed by atoms with Crippen molar-refractivity contribution in [3.63, 3.8) is 0 Å². The van der Waals surface area contributed by atoms with Gasteiger partial charge in [0.15, 0.2) is 0 Å². The van der Waals surface area contributed by atoms with Crippen LogP contribution in [0.15, 0.2) is 24.4 Å². The molecule has 1 amide bonds. The van der Waals surface area contributed by atoms with Crippen molar-refractivity contribution in [3.05, 3.63) is 35.7 Å². The molecule has 3 N–H and O–H groups in total. The fourth-order valence-corrected chi connectivity index (χ4v) is 2.06. The van der Waals surface area contributed by atoms with Gasteiger partial charge in [-0.1, -0.05) is 6.07 Å². The molecule has 0 aliphatic heterocycles. The van der Waals surface area contributed by atoms with Crippen LogP contribution >= 0.6 is 0 Å². The standard InChI is InChI=1S/C15H19N3O/c1-9-5-6-11(16)10-7-8-17-13(12(9)10)14(19)18-15(2,3)4/h5-8H,16H2,1-4H3,(H,18,19). The smallest absolute Gasteiger partial charge is 0.270 e. The van der Waals surface area contributed by atoms with Gasteiger partial charge in [-0.25, -0.2) is 0 Å². The lowest BCUT2D eigenvalue weighted by Gasteiger charge is -2.21. The molecule has 0 unspecified atom stereocenters. The minimum atomic E-state index is -0.296. The second-order valence-electron chi connectivity index (χ2n) is 5.76. The second-order valence-corrected chi connectivity index (χ2v) is 5.76. The minimum absolute atomic E-state index is 0.174. The van der Waals surface area contributed by atoms with E-state index in [1.165, 1.54) is 0 Å². The topological polar surface area (TPSA) is 68.0 Å². The lowest BCUT2D eigenvalue weighted by Crippen LogP contribution is -2.41. The van der Waals surface area contributed by atoms with Crippen LogP contribution in [0.4, 0.5) is 5.69 Å². The van der Waals surface area contributed by atoms with Gasteiger partial charge in [0.2, 0.25) is 0 Å². The average Bonchev–Trinajstić information content (AvgIpc) is 2.31. The second kappa shape index (κ2) is 4.53. The Kier molecular flexibility index (Phi) is 3.18. The quantitative estimate of drug-likeness (QED) is 0.772. The number of hydrogen-bond donors (Lipinski definition) is 2. The third-order valence-electron chi connectivity index (χ3n) is 2.87. The Bertz CT molecular complexity index is 642. The molecule has 2 rings (SSSR count). The summed E-state index contributed by atoms with van der Waals surface area (Å²) in [5.74, 6) is -0.174. The van der Waals surface area contributed by atoms with Crippen LogP contribution < -0.4 is 11.1 Å². The van der Waals surface area contributed by atoms with Gasteiger partial charge in [-0.05, 0) is 45.4 Å². The summed E-state index contributed by atoms with van der Waals surface area (Å²) in [6, 6.07) is 5.60. The van der Waals surface area contributed by atoms with E-state index in [-0.39, 0.29) is 11.4 Å². The number of aryl methyl sites for hydroxylation is 1.